The van der Waals surface area contributed by atoms with Gasteiger partial charge in [-0.15, -0.1) is 0 Å². The van der Waals surface area contributed by atoms with Crippen LogP contribution in [0, 0.1) is 11.7 Å². The fraction of sp³-hybridized carbons (Fsp3) is 0.625. The first-order valence-corrected chi connectivity index (χ1v) is 7.04. The van der Waals surface area contributed by atoms with Crippen molar-refractivity contribution in [1.82, 2.24) is 4.90 Å². The fourth-order valence-electron chi connectivity index (χ4n) is 2.14. The lowest BCUT2D eigenvalue weighted by atomic mass is 9.90. The predicted octanol–water partition coefficient (Wildman–Crippen LogP) is 3.06. The van der Waals surface area contributed by atoms with E-state index in [1.165, 1.54) is 6.07 Å². The summed E-state index contributed by atoms with van der Waals surface area (Å²) < 4.78 is 13.8. The van der Waals surface area contributed by atoms with Crippen LogP contribution < -0.4 is 5.73 Å². The van der Waals surface area contributed by atoms with Crippen molar-refractivity contribution in [1.29, 1.82) is 0 Å². The van der Waals surface area contributed by atoms with E-state index < -0.39 is 0 Å². The highest BCUT2D eigenvalue weighted by molar-refractivity contribution is 5.20. The first-order chi connectivity index (χ1) is 8.89. The number of nitrogens with zero attached hydrogens (tertiary/aromatic N) is 1. The van der Waals surface area contributed by atoms with Crippen LogP contribution in [0.3, 0.4) is 0 Å². The van der Waals surface area contributed by atoms with Crippen molar-refractivity contribution in [3.8, 4) is 0 Å². The lowest BCUT2D eigenvalue weighted by Crippen LogP contribution is -2.52. The first kappa shape index (κ1) is 16.1. The topological polar surface area (TPSA) is 29.3 Å². The maximum atomic E-state index is 13.8. The van der Waals surface area contributed by atoms with E-state index >= 15 is 0 Å². The van der Waals surface area contributed by atoms with Gasteiger partial charge in [-0.1, -0.05) is 32.0 Å². The molecule has 2 N–H and O–H groups in total. The van der Waals surface area contributed by atoms with Crippen molar-refractivity contribution in [3.05, 3.63) is 35.6 Å². The minimum absolute atomic E-state index is 0.139. The Morgan fingerprint density at radius 3 is 2.47 bits per heavy atom. The molecule has 0 aliphatic rings. The molecule has 1 rings (SSSR count). The van der Waals surface area contributed by atoms with Crippen molar-refractivity contribution < 1.29 is 4.39 Å². The van der Waals surface area contributed by atoms with E-state index in [-0.39, 0.29) is 11.4 Å². The van der Waals surface area contributed by atoms with Gasteiger partial charge in [0.1, 0.15) is 5.82 Å². The highest BCUT2D eigenvalue weighted by Crippen LogP contribution is 2.21. The van der Waals surface area contributed by atoms with Crippen LogP contribution in [0.5, 0.6) is 0 Å². The summed E-state index contributed by atoms with van der Waals surface area (Å²) in [5.74, 6) is 0.525. The van der Waals surface area contributed by atoms with E-state index in [4.69, 9.17) is 5.73 Å². The Morgan fingerprint density at radius 1 is 1.32 bits per heavy atom. The number of hydrogen-bond acceptors (Lipinski definition) is 2. The molecule has 0 bridgehead atoms. The molecule has 0 heterocycles. The van der Waals surface area contributed by atoms with Crippen molar-refractivity contribution >= 4 is 0 Å². The Hall–Kier alpha value is -0.930. The van der Waals surface area contributed by atoms with Crippen molar-refractivity contribution in [2.45, 2.75) is 39.2 Å². The highest BCUT2D eigenvalue weighted by Gasteiger charge is 2.28. The van der Waals surface area contributed by atoms with Crippen molar-refractivity contribution in [2.75, 3.05) is 20.1 Å². The highest BCUT2D eigenvalue weighted by atomic mass is 19.1. The number of hydrogen-bond donors (Lipinski definition) is 1. The van der Waals surface area contributed by atoms with Crippen LogP contribution in [0.25, 0.3) is 0 Å². The van der Waals surface area contributed by atoms with Gasteiger partial charge in [0.05, 0.1) is 0 Å². The standard InChI is InChI=1S/C16H27FN2/c1-13(2)9-10-19(4)16(3,12-18)11-14-7-5-6-8-15(14)17/h5-8,13H,9-12,18H2,1-4H3. The maximum Gasteiger partial charge on any atom is 0.126 e. The molecule has 0 saturated heterocycles. The number of likely N-dealkylation sites (N-methyl/N-ethyl adjacent to an activating group) is 1. The molecule has 108 valence electrons. The third-order valence-corrected chi connectivity index (χ3v) is 3.93. The maximum absolute atomic E-state index is 13.8. The molecule has 3 heteroatoms. The monoisotopic (exact) mass is 266 g/mol. The Morgan fingerprint density at radius 2 is 1.95 bits per heavy atom. The molecule has 0 radical (unpaired) electrons. The Balaban J connectivity index is 2.77. The van der Waals surface area contributed by atoms with E-state index in [9.17, 15) is 4.39 Å². The zero-order valence-corrected chi connectivity index (χ0v) is 12.6. The summed E-state index contributed by atoms with van der Waals surface area (Å²) in [6.45, 7) is 8.05. The van der Waals surface area contributed by atoms with Crippen molar-refractivity contribution in [2.24, 2.45) is 11.7 Å². The van der Waals surface area contributed by atoms with Crippen LogP contribution in [0.4, 0.5) is 4.39 Å². The smallest absolute Gasteiger partial charge is 0.126 e. The molecule has 1 aromatic rings. The zero-order chi connectivity index (χ0) is 14.5. The molecule has 0 amide bonds. The molecule has 2 nitrogen and oxygen atoms in total. The number of rotatable bonds is 7. The Bertz CT molecular complexity index is 392. The fourth-order valence-corrected chi connectivity index (χ4v) is 2.14. The third-order valence-electron chi connectivity index (χ3n) is 3.93. The number of benzene rings is 1. The summed E-state index contributed by atoms with van der Waals surface area (Å²) in [4.78, 5) is 2.26. The van der Waals surface area contributed by atoms with Gasteiger partial charge in [0.25, 0.3) is 0 Å². The molecule has 1 atom stereocenters. The van der Waals surface area contributed by atoms with Crippen LogP contribution in [0.1, 0.15) is 32.8 Å². The predicted molar refractivity (Wildman–Crippen MR) is 79.6 cm³/mol. The zero-order valence-electron chi connectivity index (χ0n) is 12.6. The van der Waals surface area contributed by atoms with Gasteiger partial charge in [0.15, 0.2) is 0 Å². The van der Waals surface area contributed by atoms with Crippen LogP contribution in [-0.2, 0) is 6.42 Å². The van der Waals surface area contributed by atoms with Crippen LogP contribution in [-0.4, -0.2) is 30.6 Å². The largest absolute Gasteiger partial charge is 0.329 e. The number of nitrogens with two attached hydrogens (primary N) is 1. The molecular formula is C16H27FN2. The van der Waals surface area contributed by atoms with E-state index in [0.717, 1.165) is 18.5 Å². The van der Waals surface area contributed by atoms with Crippen LogP contribution in [0.2, 0.25) is 0 Å². The molecule has 0 fully saturated rings. The van der Waals surface area contributed by atoms with Gasteiger partial charge in [0, 0.05) is 12.1 Å². The molecular weight excluding hydrogens is 239 g/mol. The summed E-state index contributed by atoms with van der Waals surface area (Å²) >= 11 is 0. The third kappa shape index (κ3) is 4.59. The molecule has 0 spiro atoms. The second-order valence-corrected chi connectivity index (χ2v) is 6.07. The lowest BCUT2D eigenvalue weighted by molar-refractivity contribution is 0.136. The summed E-state index contributed by atoms with van der Waals surface area (Å²) in [5.41, 5.74) is 6.49. The van der Waals surface area contributed by atoms with Gasteiger partial charge in [-0.05, 0) is 50.9 Å². The van der Waals surface area contributed by atoms with Crippen LogP contribution >= 0.6 is 0 Å². The summed E-state index contributed by atoms with van der Waals surface area (Å²) in [6, 6.07) is 6.96. The van der Waals surface area contributed by atoms with E-state index in [1.807, 2.05) is 12.1 Å². The van der Waals surface area contributed by atoms with Crippen molar-refractivity contribution in [3.63, 3.8) is 0 Å². The van der Waals surface area contributed by atoms with E-state index in [0.29, 0.717) is 18.9 Å². The van der Waals surface area contributed by atoms with Gasteiger partial charge in [0.2, 0.25) is 0 Å². The average Bonchev–Trinajstić information content (AvgIpc) is 2.38. The molecule has 19 heavy (non-hydrogen) atoms. The average molecular weight is 266 g/mol. The SMILES string of the molecule is CC(C)CCN(C)C(C)(CN)Cc1ccccc1F. The quantitative estimate of drug-likeness (QED) is 0.822. The molecule has 0 aliphatic heterocycles. The van der Waals surface area contributed by atoms with E-state index in [2.05, 4.69) is 32.7 Å². The summed E-state index contributed by atoms with van der Waals surface area (Å²) in [7, 11) is 2.08. The minimum Gasteiger partial charge on any atom is -0.329 e. The van der Waals surface area contributed by atoms with Gasteiger partial charge in [-0.2, -0.15) is 0 Å². The minimum atomic E-state index is -0.197. The second-order valence-electron chi connectivity index (χ2n) is 6.07. The first-order valence-electron chi connectivity index (χ1n) is 7.04. The molecule has 0 saturated carbocycles. The van der Waals surface area contributed by atoms with E-state index in [1.54, 1.807) is 6.07 Å². The van der Waals surface area contributed by atoms with Gasteiger partial charge in [-0.25, -0.2) is 4.39 Å². The normalized spacial score (nSPS) is 14.9. The van der Waals surface area contributed by atoms with Gasteiger partial charge in [-0.3, -0.25) is 4.90 Å². The lowest BCUT2D eigenvalue weighted by Gasteiger charge is -2.38. The van der Waals surface area contributed by atoms with Gasteiger partial charge >= 0.3 is 0 Å². The molecule has 0 aliphatic carbocycles. The summed E-state index contributed by atoms with van der Waals surface area (Å²) in [6.07, 6.45) is 1.77. The Kier molecular flexibility index (Phi) is 5.95. The molecule has 1 aromatic carbocycles. The second kappa shape index (κ2) is 7.01. The summed E-state index contributed by atoms with van der Waals surface area (Å²) in [5, 5.41) is 0. The Labute approximate surface area is 116 Å². The van der Waals surface area contributed by atoms with Crippen LogP contribution in [0.15, 0.2) is 24.3 Å². The molecule has 0 aromatic heterocycles. The molecule has 1 unspecified atom stereocenters. The van der Waals surface area contributed by atoms with Gasteiger partial charge < -0.3 is 5.73 Å². The number of halogens is 1.